The van der Waals surface area contributed by atoms with Gasteiger partial charge in [0.05, 0.1) is 19.9 Å². The Kier molecular flexibility index (Phi) is 7.17. The number of aryl methyl sites for hydroxylation is 2. The molecular formula is C20H23ClN4O4. The fourth-order valence-corrected chi connectivity index (χ4v) is 2.77. The summed E-state index contributed by atoms with van der Waals surface area (Å²) in [7, 11) is 3.17. The lowest BCUT2D eigenvalue weighted by Crippen LogP contribution is -2.16. The van der Waals surface area contributed by atoms with Gasteiger partial charge < -0.3 is 9.47 Å². The van der Waals surface area contributed by atoms with E-state index in [1.807, 2.05) is 33.8 Å². The zero-order chi connectivity index (χ0) is 21.7. The number of H-pyrrole nitrogens is 1. The summed E-state index contributed by atoms with van der Waals surface area (Å²) in [6, 6.07) is 7.03. The van der Waals surface area contributed by atoms with Crippen LogP contribution in [0.5, 0.6) is 11.5 Å². The summed E-state index contributed by atoms with van der Waals surface area (Å²) in [5.74, 6) is 1.42. The number of hydrogen-bond acceptors (Lipinski definition) is 6. The van der Waals surface area contributed by atoms with Crippen molar-refractivity contribution in [1.82, 2.24) is 20.2 Å². The van der Waals surface area contributed by atoms with Crippen LogP contribution < -0.4 is 15.2 Å². The Balaban J connectivity index is 0.000000212. The Morgan fingerprint density at radius 1 is 0.966 bits per heavy atom. The maximum Gasteiger partial charge on any atom is 0.365 e. The maximum atomic E-state index is 11.4. The summed E-state index contributed by atoms with van der Waals surface area (Å²) < 4.78 is 11.5. The Bertz CT molecular complexity index is 1090. The van der Waals surface area contributed by atoms with Gasteiger partial charge in [-0.05, 0) is 90.2 Å². The molecule has 0 saturated heterocycles. The van der Waals surface area contributed by atoms with Crippen molar-refractivity contribution in [2.75, 3.05) is 14.2 Å². The SMILES string of the molecule is COc1cc(-n2nn[nH]c2=O)cc(C)c1C.COc1cc(C(=O)Cl)cc(C)c1C. The Morgan fingerprint density at radius 2 is 1.52 bits per heavy atom. The van der Waals surface area contributed by atoms with E-state index in [4.69, 9.17) is 21.1 Å². The van der Waals surface area contributed by atoms with Gasteiger partial charge in [0, 0.05) is 11.6 Å². The zero-order valence-corrected chi connectivity index (χ0v) is 17.9. The highest BCUT2D eigenvalue weighted by Crippen LogP contribution is 2.25. The molecule has 3 rings (SSSR count). The number of carbonyl (C=O) groups excluding carboxylic acids is 1. The molecule has 0 amide bonds. The van der Waals surface area contributed by atoms with Crippen LogP contribution in [0.2, 0.25) is 0 Å². The predicted octanol–water partition coefficient (Wildman–Crippen LogP) is 3.27. The highest BCUT2D eigenvalue weighted by molar-refractivity contribution is 6.67. The first-order chi connectivity index (χ1) is 13.7. The lowest BCUT2D eigenvalue weighted by Gasteiger charge is -2.09. The van der Waals surface area contributed by atoms with E-state index in [0.717, 1.165) is 28.0 Å². The first kappa shape index (κ1) is 22.2. The van der Waals surface area contributed by atoms with Gasteiger partial charge in [0.2, 0.25) is 0 Å². The van der Waals surface area contributed by atoms with E-state index in [1.165, 1.54) is 4.68 Å². The number of ether oxygens (including phenoxy) is 2. The third kappa shape index (κ3) is 5.03. The summed E-state index contributed by atoms with van der Waals surface area (Å²) in [5.41, 5.74) is 4.85. The molecule has 0 aliphatic rings. The van der Waals surface area contributed by atoms with E-state index < -0.39 is 5.24 Å². The van der Waals surface area contributed by atoms with Gasteiger partial charge >= 0.3 is 5.69 Å². The van der Waals surface area contributed by atoms with Crippen molar-refractivity contribution in [2.24, 2.45) is 0 Å². The maximum absolute atomic E-state index is 11.4. The summed E-state index contributed by atoms with van der Waals surface area (Å²) in [5, 5.41) is 8.90. The smallest absolute Gasteiger partial charge is 0.365 e. The molecule has 1 aromatic heterocycles. The number of halogens is 1. The number of nitrogens with one attached hydrogen (secondary N) is 1. The number of methoxy groups -OCH3 is 2. The molecule has 1 N–H and O–H groups in total. The Morgan fingerprint density at radius 3 is 2.00 bits per heavy atom. The lowest BCUT2D eigenvalue weighted by molar-refractivity contribution is 0.108. The monoisotopic (exact) mass is 418 g/mol. The second-order valence-electron chi connectivity index (χ2n) is 6.40. The molecule has 2 aromatic carbocycles. The van der Waals surface area contributed by atoms with Crippen LogP contribution in [0.15, 0.2) is 29.1 Å². The summed E-state index contributed by atoms with van der Waals surface area (Å²) in [6.45, 7) is 7.77. The van der Waals surface area contributed by atoms with Gasteiger partial charge in [-0.2, -0.15) is 4.68 Å². The Hall–Kier alpha value is -3.13. The number of carbonyl (C=O) groups is 1. The molecule has 9 heteroatoms. The molecule has 0 unspecified atom stereocenters. The first-order valence-electron chi connectivity index (χ1n) is 8.70. The van der Waals surface area contributed by atoms with E-state index in [1.54, 1.807) is 32.4 Å². The number of rotatable bonds is 4. The largest absolute Gasteiger partial charge is 0.496 e. The van der Waals surface area contributed by atoms with Gasteiger partial charge in [-0.3, -0.25) is 4.79 Å². The van der Waals surface area contributed by atoms with Gasteiger partial charge in [-0.15, -0.1) is 0 Å². The van der Waals surface area contributed by atoms with Crippen LogP contribution in [-0.2, 0) is 0 Å². The van der Waals surface area contributed by atoms with Crippen LogP contribution in [0.25, 0.3) is 5.69 Å². The highest BCUT2D eigenvalue weighted by atomic mass is 35.5. The van der Waals surface area contributed by atoms with Crippen molar-refractivity contribution in [3.05, 3.63) is 62.6 Å². The van der Waals surface area contributed by atoms with Gasteiger partial charge in [-0.1, -0.05) is 0 Å². The predicted molar refractivity (Wildman–Crippen MR) is 111 cm³/mol. The number of aromatic nitrogens is 4. The molecule has 0 saturated carbocycles. The molecular weight excluding hydrogens is 396 g/mol. The summed E-state index contributed by atoms with van der Waals surface area (Å²) in [6.07, 6.45) is 0. The summed E-state index contributed by atoms with van der Waals surface area (Å²) in [4.78, 5) is 22.2. The minimum Gasteiger partial charge on any atom is -0.496 e. The molecule has 0 fully saturated rings. The van der Waals surface area contributed by atoms with Gasteiger partial charge in [-0.25, -0.2) is 9.89 Å². The minimum atomic E-state index is -0.457. The second-order valence-corrected chi connectivity index (χ2v) is 6.75. The quantitative estimate of drug-likeness (QED) is 0.653. The van der Waals surface area contributed by atoms with Crippen LogP contribution in [0.4, 0.5) is 0 Å². The Labute approximate surface area is 173 Å². The van der Waals surface area contributed by atoms with Crippen LogP contribution in [0, 0.1) is 27.7 Å². The lowest BCUT2D eigenvalue weighted by atomic mass is 10.1. The third-order valence-corrected chi connectivity index (χ3v) is 4.83. The molecule has 0 radical (unpaired) electrons. The number of nitrogens with zero attached hydrogens (tertiary/aromatic N) is 3. The van der Waals surface area contributed by atoms with Crippen molar-refractivity contribution < 1.29 is 14.3 Å². The number of aromatic amines is 1. The standard InChI is InChI=1S/C10H11ClO2.C10H12N4O2/c1-6-4-8(10(11)12)5-9(13-3)7(6)2;1-6-4-8(5-9(16-3)7(6)2)14-10(15)11-12-13-14/h4-5H,1-3H3;4-5H,1-3H3,(H,11,13,15). The van der Waals surface area contributed by atoms with E-state index in [-0.39, 0.29) is 5.69 Å². The average molecular weight is 419 g/mol. The van der Waals surface area contributed by atoms with E-state index >= 15 is 0 Å². The van der Waals surface area contributed by atoms with Crippen molar-refractivity contribution in [3.8, 4) is 17.2 Å². The molecule has 8 nitrogen and oxygen atoms in total. The topological polar surface area (TPSA) is 99.1 Å². The molecule has 0 aliphatic carbocycles. The van der Waals surface area contributed by atoms with E-state index in [0.29, 0.717) is 17.0 Å². The van der Waals surface area contributed by atoms with Gasteiger partial charge in [0.1, 0.15) is 11.5 Å². The van der Waals surface area contributed by atoms with Crippen LogP contribution in [0.3, 0.4) is 0 Å². The molecule has 0 atom stereocenters. The number of hydrogen-bond donors (Lipinski definition) is 1. The van der Waals surface area contributed by atoms with Crippen molar-refractivity contribution in [1.29, 1.82) is 0 Å². The molecule has 3 aromatic rings. The molecule has 1 heterocycles. The second kappa shape index (κ2) is 9.38. The fraction of sp³-hybridized carbons (Fsp3) is 0.300. The zero-order valence-electron chi connectivity index (χ0n) is 17.2. The van der Waals surface area contributed by atoms with Crippen molar-refractivity contribution in [3.63, 3.8) is 0 Å². The van der Waals surface area contributed by atoms with Gasteiger partial charge in [0.25, 0.3) is 5.24 Å². The minimum absolute atomic E-state index is 0.370. The summed E-state index contributed by atoms with van der Waals surface area (Å²) >= 11 is 5.36. The first-order valence-corrected chi connectivity index (χ1v) is 9.08. The van der Waals surface area contributed by atoms with Crippen molar-refractivity contribution in [2.45, 2.75) is 27.7 Å². The van der Waals surface area contributed by atoms with E-state index in [2.05, 4.69) is 15.5 Å². The van der Waals surface area contributed by atoms with Gasteiger partial charge in [0.15, 0.2) is 0 Å². The molecule has 29 heavy (non-hydrogen) atoms. The number of tetrazole rings is 1. The highest BCUT2D eigenvalue weighted by Gasteiger charge is 2.09. The normalized spacial score (nSPS) is 10.2. The molecule has 0 aliphatic heterocycles. The van der Waals surface area contributed by atoms with Crippen LogP contribution >= 0.6 is 11.6 Å². The number of benzene rings is 2. The molecule has 154 valence electrons. The van der Waals surface area contributed by atoms with Crippen LogP contribution in [0.1, 0.15) is 32.6 Å². The van der Waals surface area contributed by atoms with Crippen LogP contribution in [-0.4, -0.2) is 39.7 Å². The molecule has 0 spiro atoms. The fourth-order valence-electron chi connectivity index (χ4n) is 2.66. The van der Waals surface area contributed by atoms with E-state index in [9.17, 15) is 9.59 Å². The van der Waals surface area contributed by atoms with Crippen molar-refractivity contribution >= 4 is 16.8 Å². The average Bonchev–Trinajstić information content (AvgIpc) is 3.12. The molecule has 0 bridgehead atoms. The third-order valence-electron chi connectivity index (χ3n) is 4.61.